The first-order valence-electron chi connectivity index (χ1n) is 8.58. The Hall–Kier alpha value is -2.44. The van der Waals surface area contributed by atoms with E-state index >= 15 is 0 Å². The van der Waals surface area contributed by atoms with Crippen LogP contribution in [0.5, 0.6) is 0 Å². The number of aryl methyl sites for hydroxylation is 1. The summed E-state index contributed by atoms with van der Waals surface area (Å²) in [7, 11) is 0. The lowest BCUT2D eigenvalue weighted by atomic mass is 10.2. The van der Waals surface area contributed by atoms with Crippen molar-refractivity contribution in [3.63, 3.8) is 0 Å². The number of carbonyl (C=O) groups excluding carboxylic acids is 1. The first-order chi connectivity index (χ1) is 12.2. The maximum Gasteiger partial charge on any atom is 0.257 e. The molecule has 0 atom stereocenters. The first-order valence-corrected chi connectivity index (χ1v) is 8.58. The Morgan fingerprint density at radius 1 is 1.20 bits per heavy atom. The fourth-order valence-electron chi connectivity index (χ4n) is 2.77. The number of nitrogens with one attached hydrogen (secondary N) is 2. The Bertz CT molecular complexity index is 714. The summed E-state index contributed by atoms with van der Waals surface area (Å²) in [6.45, 7) is 7.30. The monoisotopic (exact) mass is 340 g/mol. The molecule has 6 nitrogen and oxygen atoms in total. The third-order valence-electron chi connectivity index (χ3n) is 4.14. The van der Waals surface area contributed by atoms with Crippen molar-refractivity contribution < 1.29 is 9.53 Å². The number of ether oxygens (including phenoxy) is 1. The second-order valence-electron chi connectivity index (χ2n) is 6.17. The van der Waals surface area contributed by atoms with Gasteiger partial charge in [-0.1, -0.05) is 12.1 Å². The van der Waals surface area contributed by atoms with Crippen molar-refractivity contribution >= 4 is 17.3 Å². The zero-order valence-electron chi connectivity index (χ0n) is 14.5. The topological polar surface area (TPSA) is 66.5 Å². The van der Waals surface area contributed by atoms with Gasteiger partial charge in [0.1, 0.15) is 0 Å². The lowest BCUT2D eigenvalue weighted by molar-refractivity contribution is 0.0398. The number of anilines is 2. The second-order valence-corrected chi connectivity index (χ2v) is 6.17. The van der Waals surface area contributed by atoms with Crippen molar-refractivity contribution in [2.24, 2.45) is 0 Å². The van der Waals surface area contributed by atoms with Crippen LogP contribution in [0.4, 0.5) is 11.4 Å². The standard InChI is InChI=1S/C19H24N4O2/c1-15-3-2-4-17(11-15)22-19(24)16-12-18(14-20-13-16)21-5-6-23-7-9-25-10-8-23/h2-4,11-14,21H,5-10H2,1H3,(H,22,24). The van der Waals surface area contributed by atoms with Crippen LogP contribution in [0.2, 0.25) is 0 Å². The Morgan fingerprint density at radius 3 is 2.84 bits per heavy atom. The van der Waals surface area contributed by atoms with Gasteiger partial charge in [0.15, 0.2) is 0 Å². The van der Waals surface area contributed by atoms with Gasteiger partial charge in [-0.15, -0.1) is 0 Å². The minimum Gasteiger partial charge on any atom is -0.382 e. The third kappa shape index (κ3) is 5.27. The Kier molecular flexibility index (Phi) is 5.98. The van der Waals surface area contributed by atoms with Crippen molar-refractivity contribution in [1.29, 1.82) is 0 Å². The highest BCUT2D eigenvalue weighted by Gasteiger charge is 2.10. The number of rotatable bonds is 6. The minimum absolute atomic E-state index is 0.157. The molecule has 0 spiro atoms. The highest BCUT2D eigenvalue weighted by molar-refractivity contribution is 6.04. The van der Waals surface area contributed by atoms with Crippen LogP contribution in [-0.4, -0.2) is 55.2 Å². The molecule has 1 fully saturated rings. The maximum atomic E-state index is 12.4. The fraction of sp³-hybridized carbons (Fsp3) is 0.368. The summed E-state index contributed by atoms with van der Waals surface area (Å²) in [6.07, 6.45) is 3.32. The maximum absolute atomic E-state index is 12.4. The largest absolute Gasteiger partial charge is 0.382 e. The highest BCUT2D eigenvalue weighted by Crippen LogP contribution is 2.13. The van der Waals surface area contributed by atoms with Crippen LogP contribution in [-0.2, 0) is 4.74 Å². The van der Waals surface area contributed by atoms with E-state index in [-0.39, 0.29) is 5.91 Å². The van der Waals surface area contributed by atoms with Crippen LogP contribution in [0.25, 0.3) is 0 Å². The van der Waals surface area contributed by atoms with E-state index < -0.39 is 0 Å². The van der Waals surface area contributed by atoms with Crippen LogP contribution in [0.1, 0.15) is 15.9 Å². The number of nitrogens with zero attached hydrogens (tertiary/aromatic N) is 2. The molecule has 2 N–H and O–H groups in total. The molecule has 0 saturated carbocycles. The predicted molar refractivity (Wildman–Crippen MR) is 99.1 cm³/mol. The minimum atomic E-state index is -0.157. The van der Waals surface area contributed by atoms with Gasteiger partial charge in [-0.3, -0.25) is 14.7 Å². The summed E-state index contributed by atoms with van der Waals surface area (Å²) in [5, 5.41) is 6.24. The van der Waals surface area contributed by atoms with Crippen molar-refractivity contribution in [3.8, 4) is 0 Å². The Morgan fingerprint density at radius 2 is 2.04 bits per heavy atom. The van der Waals surface area contributed by atoms with Crippen molar-refractivity contribution in [2.75, 3.05) is 50.0 Å². The molecule has 0 radical (unpaired) electrons. The molecule has 0 bridgehead atoms. The molecule has 0 unspecified atom stereocenters. The number of carbonyl (C=O) groups is 1. The molecule has 0 aliphatic carbocycles. The summed E-state index contributed by atoms with van der Waals surface area (Å²) in [5.41, 5.74) is 3.29. The van der Waals surface area contributed by atoms with E-state index in [1.165, 1.54) is 0 Å². The molecule has 25 heavy (non-hydrogen) atoms. The molecular weight excluding hydrogens is 316 g/mol. The van der Waals surface area contributed by atoms with Gasteiger partial charge in [0.2, 0.25) is 0 Å². The van der Waals surface area contributed by atoms with Gasteiger partial charge in [0, 0.05) is 44.3 Å². The van der Waals surface area contributed by atoms with Crippen LogP contribution in [0.3, 0.4) is 0 Å². The van der Waals surface area contributed by atoms with E-state index in [1.54, 1.807) is 12.4 Å². The van der Waals surface area contributed by atoms with Gasteiger partial charge in [-0.2, -0.15) is 0 Å². The molecule has 2 heterocycles. The predicted octanol–water partition coefficient (Wildman–Crippen LogP) is 2.39. The number of amides is 1. The number of hydrogen-bond donors (Lipinski definition) is 2. The third-order valence-corrected chi connectivity index (χ3v) is 4.14. The number of aromatic nitrogens is 1. The lowest BCUT2D eigenvalue weighted by Crippen LogP contribution is -2.39. The average Bonchev–Trinajstić information content (AvgIpc) is 2.63. The Balaban J connectivity index is 1.54. The molecule has 132 valence electrons. The zero-order valence-corrected chi connectivity index (χ0v) is 14.5. The molecule has 1 aromatic carbocycles. The van der Waals surface area contributed by atoms with E-state index in [9.17, 15) is 4.79 Å². The zero-order chi connectivity index (χ0) is 17.5. The SMILES string of the molecule is Cc1cccc(NC(=O)c2cncc(NCCN3CCOCC3)c2)c1. The van der Waals surface area contributed by atoms with E-state index in [4.69, 9.17) is 4.74 Å². The van der Waals surface area contributed by atoms with Gasteiger partial charge in [0.05, 0.1) is 24.5 Å². The number of morpholine rings is 1. The molecule has 1 aliphatic heterocycles. The number of hydrogen-bond acceptors (Lipinski definition) is 5. The average molecular weight is 340 g/mol. The Labute approximate surface area is 148 Å². The summed E-state index contributed by atoms with van der Waals surface area (Å²) >= 11 is 0. The first kappa shape index (κ1) is 17.4. The van der Waals surface area contributed by atoms with E-state index in [0.717, 1.165) is 56.3 Å². The fourth-order valence-corrected chi connectivity index (χ4v) is 2.77. The number of pyridine rings is 1. The molecule has 1 saturated heterocycles. The highest BCUT2D eigenvalue weighted by atomic mass is 16.5. The summed E-state index contributed by atoms with van der Waals surface area (Å²) < 4.78 is 5.35. The lowest BCUT2D eigenvalue weighted by Gasteiger charge is -2.26. The van der Waals surface area contributed by atoms with E-state index in [1.807, 2.05) is 37.3 Å². The summed E-state index contributed by atoms with van der Waals surface area (Å²) in [5.74, 6) is -0.157. The van der Waals surface area contributed by atoms with Crippen molar-refractivity contribution in [3.05, 3.63) is 53.9 Å². The van der Waals surface area contributed by atoms with Gasteiger partial charge in [-0.05, 0) is 30.7 Å². The second kappa shape index (κ2) is 8.60. The van der Waals surface area contributed by atoms with E-state index in [2.05, 4.69) is 20.5 Å². The summed E-state index contributed by atoms with van der Waals surface area (Å²) in [6, 6.07) is 9.57. The molecule has 3 rings (SSSR count). The van der Waals surface area contributed by atoms with Crippen LogP contribution in [0, 0.1) is 6.92 Å². The van der Waals surface area contributed by atoms with Crippen LogP contribution >= 0.6 is 0 Å². The quantitative estimate of drug-likeness (QED) is 0.845. The molecule has 6 heteroatoms. The van der Waals surface area contributed by atoms with Gasteiger partial charge < -0.3 is 15.4 Å². The molecule has 1 amide bonds. The normalized spacial score (nSPS) is 14.9. The molecule has 1 aromatic heterocycles. The van der Waals surface area contributed by atoms with Gasteiger partial charge in [0.25, 0.3) is 5.91 Å². The van der Waals surface area contributed by atoms with Gasteiger partial charge >= 0.3 is 0 Å². The molecular formula is C19H24N4O2. The summed E-state index contributed by atoms with van der Waals surface area (Å²) in [4.78, 5) is 18.9. The van der Waals surface area contributed by atoms with Crippen LogP contribution < -0.4 is 10.6 Å². The van der Waals surface area contributed by atoms with Crippen molar-refractivity contribution in [1.82, 2.24) is 9.88 Å². The molecule has 2 aromatic rings. The smallest absolute Gasteiger partial charge is 0.257 e. The van der Waals surface area contributed by atoms with Crippen molar-refractivity contribution in [2.45, 2.75) is 6.92 Å². The van der Waals surface area contributed by atoms with E-state index in [0.29, 0.717) is 5.56 Å². The van der Waals surface area contributed by atoms with Gasteiger partial charge in [-0.25, -0.2) is 0 Å². The molecule has 1 aliphatic rings. The number of benzene rings is 1. The van der Waals surface area contributed by atoms with Crippen LogP contribution in [0.15, 0.2) is 42.7 Å².